The number of guanidine groups is 1. The lowest BCUT2D eigenvalue weighted by atomic mass is 10.2. The Bertz CT molecular complexity index is 228. The van der Waals surface area contributed by atoms with Crippen molar-refractivity contribution in [3.8, 4) is 0 Å². The molecule has 2 unspecified atom stereocenters. The third-order valence-electron chi connectivity index (χ3n) is 2.79. The maximum Gasteiger partial charge on any atom is 0.188 e. The van der Waals surface area contributed by atoms with Gasteiger partial charge in [0.2, 0.25) is 0 Å². The van der Waals surface area contributed by atoms with E-state index in [9.17, 15) is 0 Å². The quantitative estimate of drug-likeness (QED) is 0.575. The molecule has 0 aromatic heterocycles. The minimum atomic E-state index is 0.529. The zero-order valence-electron chi connectivity index (χ0n) is 10.7. The van der Waals surface area contributed by atoms with E-state index in [0.717, 1.165) is 11.8 Å². The number of nitrogens with two attached hydrogens (primary N) is 1. The van der Waals surface area contributed by atoms with Crippen LogP contribution in [0.15, 0.2) is 4.99 Å². The van der Waals surface area contributed by atoms with Gasteiger partial charge in [-0.15, -0.1) is 0 Å². The van der Waals surface area contributed by atoms with Gasteiger partial charge >= 0.3 is 0 Å². The SMILES string of the molecule is CCSC1CCCC1NC(N)=NCC(C)C. The molecule has 0 heterocycles. The highest BCUT2D eigenvalue weighted by Gasteiger charge is 2.27. The Morgan fingerprint density at radius 1 is 1.50 bits per heavy atom. The molecule has 16 heavy (non-hydrogen) atoms. The van der Waals surface area contributed by atoms with Crippen LogP contribution in [0.2, 0.25) is 0 Å². The fourth-order valence-corrected chi connectivity index (χ4v) is 3.22. The molecule has 0 aliphatic heterocycles. The molecule has 0 aromatic rings. The smallest absolute Gasteiger partial charge is 0.188 e. The molecule has 1 aliphatic rings. The number of thioether (sulfide) groups is 1. The molecule has 0 spiro atoms. The Morgan fingerprint density at radius 3 is 2.88 bits per heavy atom. The Balaban J connectivity index is 2.37. The summed E-state index contributed by atoms with van der Waals surface area (Å²) in [6.07, 6.45) is 3.86. The van der Waals surface area contributed by atoms with Crippen molar-refractivity contribution in [3.63, 3.8) is 0 Å². The number of nitrogens with zero attached hydrogens (tertiary/aromatic N) is 1. The summed E-state index contributed by atoms with van der Waals surface area (Å²) in [5, 5.41) is 4.10. The molecule has 0 radical (unpaired) electrons. The molecule has 2 atom stereocenters. The molecule has 4 heteroatoms. The topological polar surface area (TPSA) is 50.4 Å². The number of hydrogen-bond acceptors (Lipinski definition) is 2. The first-order valence-corrected chi connectivity index (χ1v) is 7.36. The summed E-state index contributed by atoms with van der Waals surface area (Å²) in [7, 11) is 0. The summed E-state index contributed by atoms with van der Waals surface area (Å²) < 4.78 is 0. The monoisotopic (exact) mass is 243 g/mol. The van der Waals surface area contributed by atoms with E-state index >= 15 is 0 Å². The maximum absolute atomic E-state index is 5.89. The highest BCUT2D eigenvalue weighted by Crippen LogP contribution is 2.29. The first-order chi connectivity index (χ1) is 7.63. The fourth-order valence-electron chi connectivity index (χ4n) is 2.02. The Hall–Kier alpha value is -0.380. The van der Waals surface area contributed by atoms with Gasteiger partial charge in [-0.25, -0.2) is 0 Å². The Morgan fingerprint density at radius 2 is 2.25 bits per heavy atom. The molecule has 0 amide bonds. The van der Waals surface area contributed by atoms with E-state index in [4.69, 9.17) is 5.73 Å². The van der Waals surface area contributed by atoms with Crippen molar-refractivity contribution in [3.05, 3.63) is 0 Å². The van der Waals surface area contributed by atoms with Crippen molar-refractivity contribution < 1.29 is 0 Å². The van der Waals surface area contributed by atoms with Gasteiger partial charge in [-0.1, -0.05) is 27.2 Å². The lowest BCUT2D eigenvalue weighted by Crippen LogP contribution is -2.43. The summed E-state index contributed by atoms with van der Waals surface area (Å²) in [6.45, 7) is 7.34. The van der Waals surface area contributed by atoms with Crippen molar-refractivity contribution in [2.75, 3.05) is 12.3 Å². The average Bonchev–Trinajstić information content (AvgIpc) is 2.63. The van der Waals surface area contributed by atoms with Crippen LogP contribution < -0.4 is 11.1 Å². The Labute approximate surface area is 104 Å². The van der Waals surface area contributed by atoms with Gasteiger partial charge in [0.05, 0.1) is 0 Å². The van der Waals surface area contributed by atoms with Crippen molar-refractivity contribution in [1.29, 1.82) is 0 Å². The predicted molar refractivity (Wildman–Crippen MR) is 74.0 cm³/mol. The first-order valence-electron chi connectivity index (χ1n) is 6.31. The highest BCUT2D eigenvalue weighted by molar-refractivity contribution is 7.99. The molecular weight excluding hydrogens is 218 g/mol. The van der Waals surface area contributed by atoms with Gasteiger partial charge in [-0.3, -0.25) is 4.99 Å². The standard InChI is InChI=1S/C12H25N3S/c1-4-16-11-7-5-6-10(11)15-12(13)14-8-9(2)3/h9-11H,4-8H2,1-3H3,(H3,13,14,15). The van der Waals surface area contributed by atoms with Crippen LogP contribution in [0.3, 0.4) is 0 Å². The third kappa shape index (κ3) is 4.64. The second-order valence-corrected chi connectivity index (χ2v) is 6.31. The summed E-state index contributed by atoms with van der Waals surface area (Å²) in [6, 6.07) is 0.529. The van der Waals surface area contributed by atoms with Gasteiger partial charge in [-0.05, 0) is 24.5 Å². The molecule has 0 bridgehead atoms. The van der Waals surface area contributed by atoms with Crippen molar-refractivity contribution in [2.45, 2.75) is 51.3 Å². The van der Waals surface area contributed by atoms with Crippen LogP contribution in [-0.4, -0.2) is 29.5 Å². The molecule has 0 aromatic carbocycles. The van der Waals surface area contributed by atoms with E-state index in [1.807, 2.05) is 11.8 Å². The summed E-state index contributed by atoms with van der Waals surface area (Å²) >= 11 is 2.04. The van der Waals surface area contributed by atoms with E-state index in [-0.39, 0.29) is 0 Å². The lowest BCUT2D eigenvalue weighted by Gasteiger charge is -2.20. The summed E-state index contributed by atoms with van der Waals surface area (Å²) in [5.74, 6) is 2.39. The molecular formula is C12H25N3S. The van der Waals surface area contributed by atoms with Gasteiger partial charge in [0.1, 0.15) is 0 Å². The van der Waals surface area contributed by atoms with E-state index in [0.29, 0.717) is 17.9 Å². The number of hydrogen-bond donors (Lipinski definition) is 2. The largest absolute Gasteiger partial charge is 0.370 e. The fraction of sp³-hybridized carbons (Fsp3) is 0.917. The van der Waals surface area contributed by atoms with Crippen LogP contribution in [0.25, 0.3) is 0 Å². The average molecular weight is 243 g/mol. The van der Waals surface area contributed by atoms with Crippen LogP contribution in [-0.2, 0) is 0 Å². The second kappa shape index (κ2) is 7.05. The predicted octanol–water partition coefficient (Wildman–Crippen LogP) is 2.22. The zero-order valence-corrected chi connectivity index (χ0v) is 11.5. The molecule has 3 N–H and O–H groups in total. The number of aliphatic imine (C=N–C) groups is 1. The van der Waals surface area contributed by atoms with Gasteiger partial charge in [0.15, 0.2) is 5.96 Å². The molecule has 1 rings (SSSR count). The number of rotatable bonds is 5. The Kier molecular flexibility index (Phi) is 6.03. The lowest BCUT2D eigenvalue weighted by molar-refractivity contribution is 0.623. The highest BCUT2D eigenvalue weighted by atomic mass is 32.2. The molecule has 1 fully saturated rings. The van der Waals surface area contributed by atoms with Crippen LogP contribution in [0.5, 0.6) is 0 Å². The van der Waals surface area contributed by atoms with Crippen LogP contribution in [0.1, 0.15) is 40.0 Å². The zero-order chi connectivity index (χ0) is 12.0. The maximum atomic E-state index is 5.89. The van der Waals surface area contributed by atoms with E-state index < -0.39 is 0 Å². The van der Waals surface area contributed by atoms with E-state index in [1.165, 1.54) is 25.0 Å². The van der Waals surface area contributed by atoms with Gasteiger partial charge in [-0.2, -0.15) is 11.8 Å². The molecule has 94 valence electrons. The van der Waals surface area contributed by atoms with Crippen molar-refractivity contribution >= 4 is 17.7 Å². The summed E-state index contributed by atoms with van der Waals surface area (Å²) in [4.78, 5) is 4.36. The molecule has 1 saturated carbocycles. The van der Waals surface area contributed by atoms with Crippen LogP contribution in [0, 0.1) is 5.92 Å². The van der Waals surface area contributed by atoms with Gasteiger partial charge in [0, 0.05) is 17.8 Å². The molecule has 1 aliphatic carbocycles. The number of nitrogens with one attached hydrogen (secondary N) is 1. The van der Waals surface area contributed by atoms with Crippen LogP contribution in [0.4, 0.5) is 0 Å². The van der Waals surface area contributed by atoms with Crippen molar-refractivity contribution in [1.82, 2.24) is 5.32 Å². The first kappa shape index (κ1) is 13.7. The minimum Gasteiger partial charge on any atom is -0.370 e. The normalized spacial score (nSPS) is 26.4. The second-order valence-electron chi connectivity index (χ2n) is 4.80. The van der Waals surface area contributed by atoms with E-state index in [2.05, 4.69) is 31.1 Å². The van der Waals surface area contributed by atoms with Crippen LogP contribution >= 0.6 is 11.8 Å². The van der Waals surface area contributed by atoms with Crippen molar-refractivity contribution in [2.24, 2.45) is 16.6 Å². The van der Waals surface area contributed by atoms with Gasteiger partial charge < -0.3 is 11.1 Å². The van der Waals surface area contributed by atoms with Gasteiger partial charge in [0.25, 0.3) is 0 Å². The van der Waals surface area contributed by atoms with E-state index in [1.54, 1.807) is 0 Å². The summed E-state index contributed by atoms with van der Waals surface area (Å²) in [5.41, 5.74) is 5.89. The minimum absolute atomic E-state index is 0.529. The molecule has 3 nitrogen and oxygen atoms in total. The molecule has 0 saturated heterocycles. The third-order valence-corrected chi connectivity index (χ3v) is 4.12.